The van der Waals surface area contributed by atoms with Crippen molar-refractivity contribution in [3.63, 3.8) is 0 Å². The number of methoxy groups -OCH3 is 1. The van der Waals surface area contributed by atoms with Gasteiger partial charge in [0.2, 0.25) is 0 Å². The first-order valence-electron chi connectivity index (χ1n) is 6.46. The first kappa shape index (κ1) is 14.3. The summed E-state index contributed by atoms with van der Waals surface area (Å²) in [7, 11) is 3.57. The summed E-state index contributed by atoms with van der Waals surface area (Å²) < 4.78 is 18.1. The van der Waals surface area contributed by atoms with Crippen molar-refractivity contribution < 1.29 is 9.13 Å². The molecule has 4 heteroatoms. The summed E-state index contributed by atoms with van der Waals surface area (Å²) in [4.78, 5) is 2.00. The van der Waals surface area contributed by atoms with Gasteiger partial charge in [0.15, 0.2) is 0 Å². The van der Waals surface area contributed by atoms with Gasteiger partial charge < -0.3 is 15.4 Å². The number of hydrogen-bond acceptors (Lipinski definition) is 3. The normalized spacial score (nSPS) is 12.0. The summed E-state index contributed by atoms with van der Waals surface area (Å²) in [5.74, 6) is 0.557. The van der Waals surface area contributed by atoms with Crippen molar-refractivity contribution in [3.05, 3.63) is 59.9 Å². The minimum atomic E-state index is -0.237. The number of ether oxygens (including phenoxy) is 1. The van der Waals surface area contributed by atoms with E-state index in [1.807, 2.05) is 36.2 Å². The zero-order valence-corrected chi connectivity index (χ0v) is 11.7. The molecule has 0 aliphatic carbocycles. The molecule has 0 bridgehead atoms. The van der Waals surface area contributed by atoms with E-state index in [0.717, 1.165) is 17.0 Å². The lowest BCUT2D eigenvalue weighted by Crippen LogP contribution is -2.28. The van der Waals surface area contributed by atoms with Crippen LogP contribution in [0.4, 0.5) is 10.1 Å². The highest BCUT2D eigenvalue weighted by atomic mass is 19.1. The van der Waals surface area contributed by atoms with Crippen molar-refractivity contribution in [2.75, 3.05) is 25.6 Å². The number of rotatable bonds is 5. The molecule has 20 heavy (non-hydrogen) atoms. The van der Waals surface area contributed by atoms with E-state index in [2.05, 4.69) is 0 Å². The van der Waals surface area contributed by atoms with Crippen LogP contribution >= 0.6 is 0 Å². The van der Waals surface area contributed by atoms with Crippen molar-refractivity contribution in [2.24, 2.45) is 5.73 Å². The Bertz CT molecular complexity index is 557. The van der Waals surface area contributed by atoms with Crippen molar-refractivity contribution in [2.45, 2.75) is 6.04 Å². The van der Waals surface area contributed by atoms with Crippen LogP contribution in [0.25, 0.3) is 0 Å². The second-order valence-electron chi connectivity index (χ2n) is 4.74. The van der Waals surface area contributed by atoms with Crippen LogP contribution in [0.15, 0.2) is 48.5 Å². The van der Waals surface area contributed by atoms with Crippen LogP contribution in [0.1, 0.15) is 11.6 Å². The van der Waals surface area contributed by atoms with Gasteiger partial charge in [0.05, 0.1) is 7.11 Å². The maximum absolute atomic E-state index is 12.9. The molecule has 2 N–H and O–H groups in total. The topological polar surface area (TPSA) is 38.5 Å². The SMILES string of the molecule is COc1cccc(C(N)CN(C)c2ccc(F)cc2)c1. The minimum absolute atomic E-state index is 0.139. The molecular weight excluding hydrogens is 255 g/mol. The summed E-state index contributed by atoms with van der Waals surface area (Å²) in [6.45, 7) is 0.638. The number of nitrogens with zero attached hydrogens (tertiary/aromatic N) is 1. The van der Waals surface area contributed by atoms with Gasteiger partial charge in [-0.2, -0.15) is 0 Å². The van der Waals surface area contributed by atoms with E-state index in [9.17, 15) is 4.39 Å². The highest BCUT2D eigenvalue weighted by molar-refractivity contribution is 5.46. The summed E-state index contributed by atoms with van der Waals surface area (Å²) in [5.41, 5.74) is 8.16. The van der Waals surface area contributed by atoms with Gasteiger partial charge in [0.25, 0.3) is 0 Å². The highest BCUT2D eigenvalue weighted by Gasteiger charge is 2.10. The van der Waals surface area contributed by atoms with E-state index in [-0.39, 0.29) is 11.9 Å². The summed E-state index contributed by atoms with van der Waals surface area (Å²) in [6, 6.07) is 14.0. The van der Waals surface area contributed by atoms with E-state index < -0.39 is 0 Å². The minimum Gasteiger partial charge on any atom is -0.497 e. The van der Waals surface area contributed by atoms with Gasteiger partial charge in [-0.1, -0.05) is 12.1 Å². The predicted octanol–water partition coefficient (Wildman–Crippen LogP) is 2.97. The fourth-order valence-corrected chi connectivity index (χ4v) is 2.07. The fraction of sp³-hybridized carbons (Fsp3) is 0.250. The molecule has 0 aliphatic heterocycles. The van der Waals surface area contributed by atoms with Crippen LogP contribution < -0.4 is 15.4 Å². The van der Waals surface area contributed by atoms with E-state index in [1.165, 1.54) is 12.1 Å². The van der Waals surface area contributed by atoms with Crippen LogP contribution in [-0.2, 0) is 0 Å². The molecule has 2 rings (SSSR count). The number of halogens is 1. The summed E-state index contributed by atoms with van der Waals surface area (Å²) >= 11 is 0. The van der Waals surface area contributed by atoms with E-state index in [0.29, 0.717) is 6.54 Å². The van der Waals surface area contributed by atoms with Crippen LogP contribution in [0.3, 0.4) is 0 Å². The van der Waals surface area contributed by atoms with Gasteiger partial charge in [-0.3, -0.25) is 0 Å². The van der Waals surface area contributed by atoms with Gasteiger partial charge >= 0.3 is 0 Å². The molecule has 0 saturated carbocycles. The first-order valence-corrected chi connectivity index (χ1v) is 6.46. The molecule has 0 aromatic heterocycles. The quantitative estimate of drug-likeness (QED) is 0.911. The van der Waals surface area contributed by atoms with Crippen LogP contribution in [0, 0.1) is 5.82 Å². The van der Waals surface area contributed by atoms with Crippen molar-refractivity contribution >= 4 is 5.69 Å². The molecule has 2 aromatic rings. The van der Waals surface area contributed by atoms with Gasteiger partial charge in [-0.15, -0.1) is 0 Å². The Morgan fingerprint density at radius 3 is 2.55 bits per heavy atom. The molecule has 0 heterocycles. The van der Waals surface area contributed by atoms with Gasteiger partial charge in [0.1, 0.15) is 11.6 Å². The molecule has 2 aromatic carbocycles. The van der Waals surface area contributed by atoms with E-state index >= 15 is 0 Å². The third-order valence-electron chi connectivity index (χ3n) is 3.26. The molecule has 0 spiro atoms. The standard InChI is InChI=1S/C16H19FN2O/c1-19(14-8-6-13(17)7-9-14)11-16(18)12-4-3-5-15(10-12)20-2/h3-10,16H,11,18H2,1-2H3. The van der Waals surface area contributed by atoms with Gasteiger partial charge in [0, 0.05) is 25.3 Å². The zero-order chi connectivity index (χ0) is 14.5. The molecule has 1 atom stereocenters. The lowest BCUT2D eigenvalue weighted by Gasteiger charge is -2.24. The number of nitrogens with two attached hydrogens (primary N) is 1. The Kier molecular flexibility index (Phi) is 4.58. The molecule has 106 valence electrons. The maximum atomic E-state index is 12.9. The average molecular weight is 274 g/mol. The lowest BCUT2D eigenvalue weighted by molar-refractivity contribution is 0.414. The smallest absolute Gasteiger partial charge is 0.123 e. The molecule has 0 aliphatic rings. The maximum Gasteiger partial charge on any atom is 0.123 e. The van der Waals surface area contributed by atoms with Gasteiger partial charge in [-0.05, 0) is 42.0 Å². The molecule has 0 amide bonds. The van der Waals surface area contributed by atoms with Gasteiger partial charge in [-0.25, -0.2) is 4.39 Å². The Labute approximate surface area is 118 Å². The van der Waals surface area contributed by atoms with Crippen LogP contribution in [0.2, 0.25) is 0 Å². The molecule has 0 saturated heterocycles. The van der Waals surface area contributed by atoms with Crippen molar-refractivity contribution in [1.82, 2.24) is 0 Å². The second-order valence-corrected chi connectivity index (χ2v) is 4.74. The first-order chi connectivity index (χ1) is 9.60. The Hall–Kier alpha value is -2.07. The Morgan fingerprint density at radius 2 is 1.90 bits per heavy atom. The second kappa shape index (κ2) is 6.39. The third-order valence-corrected chi connectivity index (χ3v) is 3.26. The fourth-order valence-electron chi connectivity index (χ4n) is 2.07. The number of benzene rings is 2. The number of anilines is 1. The zero-order valence-electron chi connectivity index (χ0n) is 11.7. The third kappa shape index (κ3) is 3.48. The van der Waals surface area contributed by atoms with Crippen LogP contribution in [0.5, 0.6) is 5.75 Å². The molecular formula is C16H19FN2O. The van der Waals surface area contributed by atoms with Crippen molar-refractivity contribution in [1.29, 1.82) is 0 Å². The van der Waals surface area contributed by atoms with Crippen LogP contribution in [-0.4, -0.2) is 20.7 Å². The average Bonchev–Trinajstić information content (AvgIpc) is 2.47. The Balaban J connectivity index is 2.06. The molecule has 1 unspecified atom stereocenters. The van der Waals surface area contributed by atoms with Crippen molar-refractivity contribution in [3.8, 4) is 5.75 Å². The van der Waals surface area contributed by atoms with E-state index in [1.54, 1.807) is 19.2 Å². The largest absolute Gasteiger partial charge is 0.497 e. The number of hydrogen-bond donors (Lipinski definition) is 1. The Morgan fingerprint density at radius 1 is 1.20 bits per heavy atom. The molecule has 0 radical (unpaired) electrons. The summed E-state index contributed by atoms with van der Waals surface area (Å²) in [5, 5.41) is 0. The summed E-state index contributed by atoms with van der Waals surface area (Å²) in [6.07, 6.45) is 0. The monoisotopic (exact) mass is 274 g/mol. The number of likely N-dealkylation sites (N-methyl/N-ethyl adjacent to an activating group) is 1. The molecule has 3 nitrogen and oxygen atoms in total. The predicted molar refractivity (Wildman–Crippen MR) is 79.6 cm³/mol. The lowest BCUT2D eigenvalue weighted by atomic mass is 10.1. The molecule has 0 fully saturated rings. The van der Waals surface area contributed by atoms with E-state index in [4.69, 9.17) is 10.5 Å². The highest BCUT2D eigenvalue weighted by Crippen LogP contribution is 2.20.